The Morgan fingerprint density at radius 2 is 2.10 bits per heavy atom. The van der Waals surface area contributed by atoms with E-state index in [1.165, 1.54) is 4.90 Å². The van der Waals surface area contributed by atoms with Crippen molar-refractivity contribution in [2.24, 2.45) is 4.99 Å². The fourth-order valence-electron chi connectivity index (χ4n) is 3.46. The van der Waals surface area contributed by atoms with Crippen LogP contribution in [0.2, 0.25) is 0 Å². The van der Waals surface area contributed by atoms with Crippen molar-refractivity contribution < 1.29 is 19.4 Å². The van der Waals surface area contributed by atoms with Gasteiger partial charge in [0.2, 0.25) is 0 Å². The standard InChI is InChI=1S/C23H21N3O4S/c1-14-7-8-17-16(11-14)15(13-24-17)9-10-26-22(29)20(12-21(27)28)31-23(26)25-18-5-3-4-6-19(18)30-2/h3-8,11-13,24H,9-10H2,1-2H3,(H,27,28)/b20-12+,25-23?. The summed E-state index contributed by atoms with van der Waals surface area (Å²) < 4.78 is 5.35. The van der Waals surface area contributed by atoms with Crippen LogP contribution in [0.1, 0.15) is 11.1 Å². The highest BCUT2D eigenvalue weighted by Gasteiger charge is 2.34. The summed E-state index contributed by atoms with van der Waals surface area (Å²) in [6, 6.07) is 13.4. The number of aliphatic imine (C=N–C) groups is 1. The molecule has 1 aliphatic rings. The predicted octanol–water partition coefficient (Wildman–Crippen LogP) is 4.26. The summed E-state index contributed by atoms with van der Waals surface area (Å²) in [5.74, 6) is -0.954. The number of aliphatic carboxylic acids is 1. The lowest BCUT2D eigenvalue weighted by atomic mass is 10.1. The first-order valence-corrected chi connectivity index (χ1v) is 10.5. The number of carbonyl (C=O) groups is 2. The lowest BCUT2D eigenvalue weighted by molar-refractivity contribution is -0.132. The average Bonchev–Trinajstić information content (AvgIpc) is 3.27. The molecule has 0 unspecified atom stereocenters. The molecule has 1 aliphatic heterocycles. The molecule has 31 heavy (non-hydrogen) atoms. The number of benzene rings is 2. The van der Waals surface area contributed by atoms with Gasteiger partial charge >= 0.3 is 5.97 Å². The van der Waals surface area contributed by atoms with E-state index in [1.54, 1.807) is 19.2 Å². The number of carboxylic acids is 1. The van der Waals surface area contributed by atoms with Crippen molar-refractivity contribution in [2.45, 2.75) is 13.3 Å². The van der Waals surface area contributed by atoms with Crippen LogP contribution in [-0.2, 0) is 16.0 Å². The third-order valence-electron chi connectivity index (χ3n) is 4.97. The molecule has 1 aromatic heterocycles. The molecule has 4 rings (SSSR count). The summed E-state index contributed by atoms with van der Waals surface area (Å²) in [6.45, 7) is 2.41. The Morgan fingerprint density at radius 1 is 1.29 bits per heavy atom. The molecule has 0 saturated carbocycles. The lowest BCUT2D eigenvalue weighted by Gasteiger charge is -2.16. The van der Waals surface area contributed by atoms with Crippen LogP contribution in [0, 0.1) is 6.92 Å². The number of carboxylic acid groups (broad SMARTS) is 1. The van der Waals surface area contributed by atoms with Crippen LogP contribution in [0.5, 0.6) is 5.75 Å². The van der Waals surface area contributed by atoms with Gasteiger partial charge in [-0.05, 0) is 54.9 Å². The van der Waals surface area contributed by atoms with Crippen LogP contribution in [0.25, 0.3) is 10.9 Å². The molecular weight excluding hydrogens is 414 g/mol. The molecule has 0 aliphatic carbocycles. The highest BCUT2D eigenvalue weighted by molar-refractivity contribution is 8.18. The van der Waals surface area contributed by atoms with Crippen LogP contribution in [-0.4, -0.2) is 45.7 Å². The van der Waals surface area contributed by atoms with Crippen molar-refractivity contribution in [1.82, 2.24) is 9.88 Å². The van der Waals surface area contributed by atoms with Gasteiger partial charge in [-0.25, -0.2) is 9.79 Å². The smallest absolute Gasteiger partial charge is 0.329 e. The first-order valence-electron chi connectivity index (χ1n) is 9.69. The average molecular weight is 436 g/mol. The second kappa shape index (κ2) is 8.69. The Labute approximate surface area is 183 Å². The van der Waals surface area contributed by atoms with Gasteiger partial charge in [0.1, 0.15) is 11.4 Å². The molecule has 1 saturated heterocycles. The number of amides is 1. The third-order valence-corrected chi connectivity index (χ3v) is 5.98. The minimum Gasteiger partial charge on any atom is -0.494 e. The number of fused-ring (bicyclic) bond motifs is 1. The summed E-state index contributed by atoms with van der Waals surface area (Å²) in [4.78, 5) is 33.6. The van der Waals surface area contributed by atoms with Crippen molar-refractivity contribution in [3.05, 3.63) is 70.8 Å². The fourth-order valence-corrected chi connectivity index (χ4v) is 4.44. The van der Waals surface area contributed by atoms with Crippen molar-refractivity contribution in [3.8, 4) is 5.75 Å². The summed E-state index contributed by atoms with van der Waals surface area (Å²) in [5, 5.41) is 10.7. The van der Waals surface area contributed by atoms with E-state index in [-0.39, 0.29) is 10.8 Å². The summed E-state index contributed by atoms with van der Waals surface area (Å²) in [6.07, 6.45) is 3.48. The van der Waals surface area contributed by atoms with Crippen LogP contribution in [0.4, 0.5) is 5.69 Å². The van der Waals surface area contributed by atoms with Gasteiger partial charge in [0, 0.05) is 29.7 Å². The number of aromatic amines is 1. The number of para-hydroxylation sites is 2. The second-order valence-electron chi connectivity index (χ2n) is 7.08. The van der Waals surface area contributed by atoms with Crippen LogP contribution < -0.4 is 4.74 Å². The number of H-pyrrole nitrogens is 1. The number of amidine groups is 1. The second-order valence-corrected chi connectivity index (χ2v) is 8.09. The van der Waals surface area contributed by atoms with E-state index in [4.69, 9.17) is 9.84 Å². The van der Waals surface area contributed by atoms with Crippen LogP contribution in [0.3, 0.4) is 0 Å². The van der Waals surface area contributed by atoms with Gasteiger partial charge in [-0.1, -0.05) is 23.8 Å². The predicted molar refractivity (Wildman–Crippen MR) is 122 cm³/mol. The highest BCUT2D eigenvalue weighted by atomic mass is 32.2. The van der Waals surface area contributed by atoms with Gasteiger partial charge in [-0.3, -0.25) is 9.69 Å². The Bertz CT molecular complexity index is 1230. The number of rotatable bonds is 6. The van der Waals surface area contributed by atoms with Crippen molar-refractivity contribution in [3.63, 3.8) is 0 Å². The van der Waals surface area contributed by atoms with E-state index < -0.39 is 5.97 Å². The van der Waals surface area contributed by atoms with E-state index >= 15 is 0 Å². The zero-order valence-electron chi connectivity index (χ0n) is 17.1. The third kappa shape index (κ3) is 4.34. The Balaban J connectivity index is 1.66. The summed E-state index contributed by atoms with van der Waals surface area (Å²) in [7, 11) is 1.55. The van der Waals surface area contributed by atoms with Gasteiger partial charge in [0.05, 0.1) is 12.0 Å². The van der Waals surface area contributed by atoms with Crippen molar-refractivity contribution in [1.29, 1.82) is 0 Å². The number of methoxy groups -OCH3 is 1. The van der Waals surface area contributed by atoms with Gasteiger partial charge in [0.15, 0.2) is 5.17 Å². The summed E-state index contributed by atoms with van der Waals surface area (Å²) in [5.41, 5.74) is 3.86. The van der Waals surface area contributed by atoms with Gasteiger partial charge in [-0.2, -0.15) is 0 Å². The first kappa shape index (κ1) is 20.7. The molecule has 3 aromatic rings. The minimum absolute atomic E-state index is 0.135. The molecule has 0 spiro atoms. The number of nitrogens with one attached hydrogen (secondary N) is 1. The molecule has 1 fully saturated rings. The maximum absolute atomic E-state index is 12.9. The van der Waals surface area contributed by atoms with Gasteiger partial charge < -0.3 is 14.8 Å². The van der Waals surface area contributed by atoms with Crippen molar-refractivity contribution in [2.75, 3.05) is 13.7 Å². The maximum Gasteiger partial charge on any atom is 0.329 e. The molecule has 2 N–H and O–H groups in total. The maximum atomic E-state index is 12.9. The summed E-state index contributed by atoms with van der Waals surface area (Å²) >= 11 is 1.06. The number of thioether (sulfide) groups is 1. The van der Waals surface area contributed by atoms with E-state index in [9.17, 15) is 9.59 Å². The number of nitrogens with zero attached hydrogens (tertiary/aromatic N) is 2. The number of hydrogen-bond acceptors (Lipinski definition) is 5. The van der Waals surface area contributed by atoms with Crippen molar-refractivity contribution >= 4 is 45.4 Å². The molecule has 2 heterocycles. The molecular formula is C23H21N3O4S. The molecule has 8 heteroatoms. The van der Waals surface area contributed by atoms with Gasteiger partial charge in [0.25, 0.3) is 5.91 Å². The SMILES string of the molecule is COc1ccccc1N=C1S/C(=C/C(=O)O)C(=O)N1CCc1c[nH]c2ccc(C)cc12. The van der Waals surface area contributed by atoms with Gasteiger partial charge in [-0.15, -0.1) is 0 Å². The minimum atomic E-state index is -1.17. The zero-order valence-corrected chi connectivity index (χ0v) is 17.9. The Hall–Kier alpha value is -3.52. The monoisotopic (exact) mass is 435 g/mol. The van der Waals surface area contributed by atoms with Crippen LogP contribution in [0.15, 0.2) is 64.6 Å². The lowest BCUT2D eigenvalue weighted by Crippen LogP contribution is -2.31. The number of hydrogen-bond donors (Lipinski definition) is 2. The number of aryl methyl sites for hydroxylation is 1. The number of carbonyl (C=O) groups excluding carboxylic acids is 1. The quantitative estimate of drug-likeness (QED) is 0.564. The molecule has 158 valence electrons. The molecule has 7 nitrogen and oxygen atoms in total. The normalized spacial score (nSPS) is 16.6. The molecule has 0 radical (unpaired) electrons. The number of aromatic nitrogens is 1. The van der Waals surface area contributed by atoms with E-state index in [0.717, 1.165) is 39.9 Å². The number of ether oxygens (including phenoxy) is 1. The van der Waals surface area contributed by atoms with E-state index in [0.29, 0.717) is 29.6 Å². The molecule has 0 bridgehead atoms. The van der Waals surface area contributed by atoms with E-state index in [2.05, 4.69) is 16.0 Å². The fraction of sp³-hybridized carbons (Fsp3) is 0.174. The Morgan fingerprint density at radius 3 is 2.87 bits per heavy atom. The van der Waals surface area contributed by atoms with E-state index in [1.807, 2.05) is 37.4 Å². The largest absolute Gasteiger partial charge is 0.494 e. The Kier molecular flexibility index (Phi) is 5.81. The highest BCUT2D eigenvalue weighted by Crippen LogP contribution is 2.35. The molecule has 0 atom stereocenters. The first-order chi connectivity index (χ1) is 15.0. The van der Waals surface area contributed by atoms with Crippen LogP contribution >= 0.6 is 11.8 Å². The molecule has 2 aromatic carbocycles. The zero-order chi connectivity index (χ0) is 22.0. The molecule has 1 amide bonds. The topological polar surface area (TPSA) is 95.0 Å².